The highest BCUT2D eigenvalue weighted by Gasteiger charge is 2.22. The van der Waals surface area contributed by atoms with Crippen molar-refractivity contribution in [1.82, 2.24) is 5.32 Å². The molecule has 1 unspecified atom stereocenters. The van der Waals surface area contributed by atoms with Gasteiger partial charge in [-0.1, -0.05) is 12.1 Å². The minimum atomic E-state index is -0.958. The summed E-state index contributed by atoms with van der Waals surface area (Å²) < 4.78 is 20.9. The van der Waals surface area contributed by atoms with Crippen molar-refractivity contribution in [1.29, 1.82) is 0 Å². The summed E-state index contributed by atoms with van der Waals surface area (Å²) in [7, 11) is 4.34. The predicted molar refractivity (Wildman–Crippen MR) is 117 cm³/mol. The highest BCUT2D eigenvalue weighted by Crippen LogP contribution is 2.38. The van der Waals surface area contributed by atoms with Crippen LogP contribution in [-0.2, 0) is 22.4 Å². The Kier molecular flexibility index (Phi) is 7.35. The lowest BCUT2D eigenvalue weighted by Gasteiger charge is -2.15. The number of rotatable bonds is 9. The number of amides is 1. The molecular weight excluding hydrogens is 414 g/mol. The zero-order chi connectivity index (χ0) is 23.3. The standard InChI is InChI=1S/C24H27NO7/c1-14(22(27)17-9-8-15-6-5-7-16(15)10-17)32-21(26)13-25-24(28)18-11-19(29-2)23(31-4)20(12-18)30-3/h8-12,14H,5-7,13H2,1-4H3,(H,25,28). The Morgan fingerprint density at radius 1 is 0.906 bits per heavy atom. The van der Waals surface area contributed by atoms with E-state index in [0.717, 1.165) is 19.3 Å². The van der Waals surface area contributed by atoms with E-state index in [1.807, 2.05) is 12.1 Å². The summed E-state index contributed by atoms with van der Waals surface area (Å²) in [5.41, 5.74) is 3.18. The van der Waals surface area contributed by atoms with Gasteiger partial charge in [0.25, 0.3) is 5.91 Å². The van der Waals surface area contributed by atoms with Gasteiger partial charge >= 0.3 is 5.97 Å². The first-order valence-electron chi connectivity index (χ1n) is 10.3. The van der Waals surface area contributed by atoms with Gasteiger partial charge in [-0.3, -0.25) is 14.4 Å². The summed E-state index contributed by atoms with van der Waals surface area (Å²) in [4.78, 5) is 37.3. The van der Waals surface area contributed by atoms with Crippen molar-refractivity contribution < 1.29 is 33.3 Å². The van der Waals surface area contributed by atoms with E-state index in [9.17, 15) is 14.4 Å². The van der Waals surface area contributed by atoms with Crippen molar-refractivity contribution in [3.8, 4) is 17.2 Å². The molecule has 8 nitrogen and oxygen atoms in total. The largest absolute Gasteiger partial charge is 0.493 e. The topological polar surface area (TPSA) is 100 Å². The van der Waals surface area contributed by atoms with Crippen LogP contribution in [0.15, 0.2) is 30.3 Å². The fourth-order valence-electron chi connectivity index (χ4n) is 3.72. The fourth-order valence-corrected chi connectivity index (χ4v) is 3.72. The molecule has 8 heteroatoms. The van der Waals surface area contributed by atoms with Crippen LogP contribution in [0.2, 0.25) is 0 Å². The Labute approximate surface area is 186 Å². The highest BCUT2D eigenvalue weighted by atomic mass is 16.5. The third kappa shape index (κ3) is 5.01. The van der Waals surface area contributed by atoms with Gasteiger partial charge in [-0.25, -0.2) is 0 Å². The van der Waals surface area contributed by atoms with E-state index in [-0.39, 0.29) is 11.3 Å². The molecule has 0 radical (unpaired) electrons. The molecule has 0 aliphatic heterocycles. The van der Waals surface area contributed by atoms with E-state index < -0.39 is 24.5 Å². The summed E-state index contributed by atoms with van der Waals surface area (Å²) >= 11 is 0. The Bertz CT molecular complexity index is 1010. The molecule has 0 bridgehead atoms. The first-order chi connectivity index (χ1) is 15.4. The summed E-state index contributed by atoms with van der Waals surface area (Å²) in [6, 6.07) is 8.55. The van der Waals surface area contributed by atoms with Crippen molar-refractivity contribution >= 4 is 17.7 Å². The second-order valence-corrected chi connectivity index (χ2v) is 7.43. The van der Waals surface area contributed by atoms with Gasteiger partial charge in [-0.05, 0) is 55.5 Å². The molecule has 0 spiro atoms. The lowest BCUT2D eigenvalue weighted by atomic mass is 10.0. The Morgan fingerprint density at radius 3 is 2.19 bits per heavy atom. The minimum Gasteiger partial charge on any atom is -0.493 e. The van der Waals surface area contributed by atoms with Crippen LogP contribution in [0.4, 0.5) is 0 Å². The molecule has 1 amide bonds. The zero-order valence-corrected chi connectivity index (χ0v) is 18.7. The van der Waals surface area contributed by atoms with Crippen molar-refractivity contribution in [3.05, 3.63) is 52.6 Å². The molecular formula is C24H27NO7. The van der Waals surface area contributed by atoms with Gasteiger partial charge in [0.2, 0.25) is 11.5 Å². The van der Waals surface area contributed by atoms with E-state index >= 15 is 0 Å². The lowest BCUT2D eigenvalue weighted by Crippen LogP contribution is -2.34. The normalized spacial score (nSPS) is 13.0. The fraction of sp³-hybridized carbons (Fsp3) is 0.375. The number of ketones is 1. The third-order valence-electron chi connectivity index (χ3n) is 5.38. The second kappa shape index (κ2) is 10.2. The average Bonchev–Trinajstić information content (AvgIpc) is 3.28. The lowest BCUT2D eigenvalue weighted by molar-refractivity contribution is -0.145. The van der Waals surface area contributed by atoms with Crippen LogP contribution < -0.4 is 19.5 Å². The number of methoxy groups -OCH3 is 3. The maximum Gasteiger partial charge on any atom is 0.326 e. The van der Waals surface area contributed by atoms with Gasteiger partial charge in [0, 0.05) is 11.1 Å². The number of benzene rings is 2. The number of Topliss-reactive ketones (excluding diaryl/α,β-unsaturated/α-hetero) is 1. The van der Waals surface area contributed by atoms with Crippen LogP contribution in [0, 0.1) is 0 Å². The average molecular weight is 441 g/mol. The molecule has 0 heterocycles. The van der Waals surface area contributed by atoms with Crippen LogP contribution in [-0.4, -0.2) is 51.6 Å². The number of hydrogen-bond acceptors (Lipinski definition) is 7. The molecule has 1 aliphatic rings. The molecule has 0 saturated carbocycles. The van der Waals surface area contributed by atoms with Crippen LogP contribution >= 0.6 is 0 Å². The molecule has 170 valence electrons. The first kappa shape index (κ1) is 23.1. The number of carbonyl (C=O) groups is 3. The number of ether oxygens (including phenoxy) is 4. The molecule has 2 aromatic rings. The SMILES string of the molecule is COc1cc(C(=O)NCC(=O)OC(C)C(=O)c2ccc3c(c2)CCC3)cc(OC)c1OC. The number of hydrogen-bond donors (Lipinski definition) is 1. The van der Waals surface area contributed by atoms with Crippen LogP contribution in [0.25, 0.3) is 0 Å². The minimum absolute atomic E-state index is 0.217. The van der Waals surface area contributed by atoms with Gasteiger partial charge < -0.3 is 24.3 Å². The van der Waals surface area contributed by atoms with Gasteiger partial charge in [0.15, 0.2) is 17.6 Å². The highest BCUT2D eigenvalue weighted by molar-refractivity contribution is 6.01. The molecule has 1 aliphatic carbocycles. The van der Waals surface area contributed by atoms with Gasteiger partial charge in [0.05, 0.1) is 21.3 Å². The smallest absolute Gasteiger partial charge is 0.326 e. The molecule has 0 saturated heterocycles. The summed E-state index contributed by atoms with van der Waals surface area (Å²) in [6.45, 7) is 1.13. The second-order valence-electron chi connectivity index (χ2n) is 7.43. The number of esters is 1. The van der Waals surface area contributed by atoms with E-state index in [1.54, 1.807) is 6.07 Å². The van der Waals surface area contributed by atoms with Crippen LogP contribution in [0.1, 0.15) is 45.2 Å². The quantitative estimate of drug-likeness (QED) is 0.472. The van der Waals surface area contributed by atoms with E-state index in [0.29, 0.717) is 22.8 Å². The summed E-state index contributed by atoms with van der Waals surface area (Å²) in [5.74, 6) is -0.540. The molecule has 1 N–H and O–H groups in total. The Morgan fingerprint density at radius 2 is 1.56 bits per heavy atom. The molecule has 32 heavy (non-hydrogen) atoms. The number of carbonyl (C=O) groups excluding carboxylic acids is 3. The molecule has 0 aromatic heterocycles. The molecule has 3 rings (SSSR count). The molecule has 0 fully saturated rings. The maximum absolute atomic E-state index is 12.6. The Hall–Kier alpha value is -3.55. The van der Waals surface area contributed by atoms with Gasteiger partial charge in [-0.2, -0.15) is 0 Å². The van der Waals surface area contributed by atoms with Gasteiger partial charge in [-0.15, -0.1) is 0 Å². The van der Waals surface area contributed by atoms with Gasteiger partial charge in [0.1, 0.15) is 6.54 Å². The third-order valence-corrected chi connectivity index (χ3v) is 5.38. The summed E-state index contributed by atoms with van der Waals surface area (Å²) in [6.07, 6.45) is 2.11. The molecule has 1 atom stereocenters. The first-order valence-corrected chi connectivity index (χ1v) is 10.3. The van der Waals surface area contributed by atoms with Crippen LogP contribution in [0.5, 0.6) is 17.2 Å². The van der Waals surface area contributed by atoms with Crippen molar-refractivity contribution in [2.24, 2.45) is 0 Å². The van der Waals surface area contributed by atoms with Crippen molar-refractivity contribution in [2.45, 2.75) is 32.3 Å². The summed E-state index contributed by atoms with van der Waals surface area (Å²) in [5, 5.41) is 2.48. The number of fused-ring (bicyclic) bond motifs is 1. The predicted octanol–water partition coefficient (Wildman–Crippen LogP) is 2.75. The van der Waals surface area contributed by atoms with E-state index in [1.165, 1.54) is 51.5 Å². The zero-order valence-electron chi connectivity index (χ0n) is 18.7. The van der Waals surface area contributed by atoms with E-state index in [4.69, 9.17) is 18.9 Å². The Balaban J connectivity index is 1.58. The number of nitrogens with one attached hydrogen (secondary N) is 1. The van der Waals surface area contributed by atoms with Crippen molar-refractivity contribution in [3.63, 3.8) is 0 Å². The van der Waals surface area contributed by atoms with Crippen LogP contribution in [0.3, 0.4) is 0 Å². The van der Waals surface area contributed by atoms with E-state index in [2.05, 4.69) is 5.32 Å². The number of aryl methyl sites for hydroxylation is 2. The monoisotopic (exact) mass is 441 g/mol. The maximum atomic E-state index is 12.6. The molecule has 2 aromatic carbocycles. The van der Waals surface area contributed by atoms with Crippen molar-refractivity contribution in [2.75, 3.05) is 27.9 Å².